The average Bonchev–Trinajstić information content (AvgIpc) is 2.49. The fourth-order valence-electron chi connectivity index (χ4n) is 2.21. The van der Waals surface area contributed by atoms with E-state index >= 15 is 0 Å². The van der Waals surface area contributed by atoms with E-state index in [1.807, 2.05) is 18.2 Å². The minimum atomic E-state index is -3.68. The predicted octanol–water partition coefficient (Wildman–Crippen LogP) is 3.00. The Morgan fingerprint density at radius 1 is 1.13 bits per heavy atom. The smallest absolute Gasteiger partial charge is 0.385 e. The number of rotatable bonds is 7. The van der Waals surface area contributed by atoms with Gasteiger partial charge in [0.2, 0.25) is 0 Å². The summed E-state index contributed by atoms with van der Waals surface area (Å²) in [6, 6.07) is 13.3. The zero-order chi connectivity index (χ0) is 16.9. The second kappa shape index (κ2) is 7.42. The van der Waals surface area contributed by atoms with Crippen LogP contribution in [0.5, 0.6) is 11.5 Å². The first-order chi connectivity index (χ1) is 10.8. The van der Waals surface area contributed by atoms with Crippen LogP contribution in [0.3, 0.4) is 0 Å². The number of hydrogen-bond acceptors (Lipinski definition) is 4. The predicted molar refractivity (Wildman–Crippen MR) is 88.4 cm³/mol. The molecule has 0 saturated carbocycles. The minimum absolute atomic E-state index is 0.0385. The van der Waals surface area contributed by atoms with Crippen molar-refractivity contribution in [3.63, 3.8) is 0 Å². The Morgan fingerprint density at radius 2 is 1.83 bits per heavy atom. The van der Waals surface area contributed by atoms with Gasteiger partial charge in [-0.05, 0) is 36.6 Å². The molecule has 0 bridgehead atoms. The van der Waals surface area contributed by atoms with Gasteiger partial charge in [-0.3, -0.25) is 4.79 Å². The number of aromatic hydroxyl groups is 1. The maximum atomic E-state index is 12.1. The summed E-state index contributed by atoms with van der Waals surface area (Å²) in [7, 11) is -3.68. The Balaban J connectivity index is 2.01. The van der Waals surface area contributed by atoms with E-state index in [0.717, 1.165) is 0 Å². The molecule has 122 valence electrons. The summed E-state index contributed by atoms with van der Waals surface area (Å²) in [5, 5.41) is 9.57. The number of phenolic OH excluding ortho intramolecular Hbond substituents is 1. The van der Waals surface area contributed by atoms with Crippen LogP contribution in [0.1, 0.15) is 28.8 Å². The van der Waals surface area contributed by atoms with Crippen molar-refractivity contribution in [3.8, 4) is 11.5 Å². The Morgan fingerprint density at radius 3 is 2.48 bits per heavy atom. The van der Waals surface area contributed by atoms with Crippen LogP contribution in [-0.4, -0.2) is 10.9 Å². The molecule has 0 radical (unpaired) electrons. The number of benzene rings is 2. The molecule has 6 nitrogen and oxygen atoms in total. The molecule has 0 aliphatic rings. The van der Waals surface area contributed by atoms with E-state index in [2.05, 4.69) is 0 Å². The fraction of sp³-hybridized carbons (Fsp3) is 0.188. The third kappa shape index (κ3) is 5.53. The van der Waals surface area contributed by atoms with Crippen molar-refractivity contribution in [1.29, 1.82) is 0 Å². The molecule has 0 spiro atoms. The highest BCUT2D eigenvalue weighted by Gasteiger charge is 2.15. The maximum absolute atomic E-state index is 12.1. The quantitative estimate of drug-likeness (QED) is 0.529. The molecule has 0 atom stereocenters. The van der Waals surface area contributed by atoms with Crippen LogP contribution in [0.15, 0.2) is 48.5 Å². The molecule has 0 unspecified atom stereocenters. The van der Waals surface area contributed by atoms with Gasteiger partial charge in [0.1, 0.15) is 11.5 Å². The second-order valence-electron chi connectivity index (χ2n) is 5.17. The molecule has 0 amide bonds. The molecule has 0 aromatic heterocycles. The maximum Gasteiger partial charge on any atom is 0.385 e. The molecule has 2 rings (SSSR count). The van der Waals surface area contributed by atoms with Gasteiger partial charge >= 0.3 is 7.67 Å². The van der Waals surface area contributed by atoms with E-state index in [0.29, 0.717) is 30.4 Å². The Kier molecular flexibility index (Phi) is 5.55. The van der Waals surface area contributed by atoms with Crippen molar-refractivity contribution < 1.29 is 19.0 Å². The third-order valence-corrected chi connectivity index (χ3v) is 3.71. The molecule has 0 fully saturated rings. The summed E-state index contributed by atoms with van der Waals surface area (Å²) in [5.41, 5.74) is 11.7. The van der Waals surface area contributed by atoms with Gasteiger partial charge in [-0.1, -0.05) is 30.3 Å². The molecule has 0 aliphatic heterocycles. The van der Waals surface area contributed by atoms with Gasteiger partial charge in [0, 0.05) is 12.0 Å². The molecule has 23 heavy (non-hydrogen) atoms. The lowest BCUT2D eigenvalue weighted by atomic mass is 10.0. The molecule has 5 N–H and O–H groups in total. The van der Waals surface area contributed by atoms with Crippen LogP contribution >= 0.6 is 7.67 Å². The minimum Gasteiger partial charge on any atom is -0.508 e. The van der Waals surface area contributed by atoms with Gasteiger partial charge in [0.25, 0.3) is 0 Å². The topological polar surface area (TPSA) is 116 Å². The highest BCUT2D eigenvalue weighted by Crippen LogP contribution is 2.35. The zero-order valence-electron chi connectivity index (χ0n) is 12.5. The first-order valence-corrected chi connectivity index (χ1v) is 8.88. The van der Waals surface area contributed by atoms with E-state index in [-0.39, 0.29) is 17.3 Å². The van der Waals surface area contributed by atoms with Crippen molar-refractivity contribution in [3.05, 3.63) is 59.7 Å². The van der Waals surface area contributed by atoms with Crippen molar-refractivity contribution in [2.75, 3.05) is 0 Å². The summed E-state index contributed by atoms with van der Waals surface area (Å²) in [6.45, 7) is 0. The summed E-state index contributed by atoms with van der Waals surface area (Å²) in [6.07, 6.45) is 1.36. The van der Waals surface area contributed by atoms with Crippen LogP contribution in [0.2, 0.25) is 0 Å². The number of aryl methyl sites for hydroxylation is 1. The number of hydrogen-bond donors (Lipinski definition) is 3. The lowest BCUT2D eigenvalue weighted by Crippen LogP contribution is -2.11. The largest absolute Gasteiger partial charge is 0.508 e. The van der Waals surface area contributed by atoms with Crippen molar-refractivity contribution in [1.82, 2.24) is 0 Å². The summed E-state index contributed by atoms with van der Waals surface area (Å²) >= 11 is 0. The van der Waals surface area contributed by atoms with Gasteiger partial charge in [-0.15, -0.1) is 0 Å². The highest BCUT2D eigenvalue weighted by atomic mass is 31.2. The monoisotopic (exact) mass is 334 g/mol. The lowest BCUT2D eigenvalue weighted by molar-refractivity contribution is 0.0980. The molecular weight excluding hydrogens is 315 g/mol. The number of Topliss-reactive ketones (excluding diaryl/α,β-unsaturated/α-hetero) is 1. The molecule has 7 heteroatoms. The van der Waals surface area contributed by atoms with E-state index in [1.165, 1.54) is 18.2 Å². The van der Waals surface area contributed by atoms with Crippen molar-refractivity contribution >= 4 is 13.5 Å². The Hall–Kier alpha value is -2.14. The van der Waals surface area contributed by atoms with E-state index in [4.69, 9.17) is 15.5 Å². The molecule has 2 aromatic rings. The number of carbonyl (C=O) groups excluding carboxylic acids is 1. The highest BCUT2D eigenvalue weighted by molar-refractivity contribution is 7.54. The van der Waals surface area contributed by atoms with Gasteiger partial charge in [-0.2, -0.15) is 0 Å². The van der Waals surface area contributed by atoms with Gasteiger partial charge < -0.3 is 9.63 Å². The second-order valence-corrected chi connectivity index (χ2v) is 6.64. The van der Waals surface area contributed by atoms with Crippen LogP contribution < -0.4 is 15.5 Å². The van der Waals surface area contributed by atoms with E-state index < -0.39 is 7.67 Å². The van der Waals surface area contributed by atoms with E-state index in [9.17, 15) is 14.5 Å². The first kappa shape index (κ1) is 17.2. The zero-order valence-corrected chi connectivity index (χ0v) is 13.4. The van der Waals surface area contributed by atoms with Crippen molar-refractivity contribution in [2.45, 2.75) is 19.3 Å². The first-order valence-electron chi connectivity index (χ1n) is 7.12. The van der Waals surface area contributed by atoms with Gasteiger partial charge in [-0.25, -0.2) is 15.6 Å². The van der Waals surface area contributed by atoms with Gasteiger partial charge in [0.15, 0.2) is 5.78 Å². The SMILES string of the molecule is NP(N)(=O)Oc1ccc(O)cc1CCCC(=O)c1ccccc1. The van der Waals surface area contributed by atoms with Crippen LogP contribution in [0.25, 0.3) is 0 Å². The Labute approximate surface area is 134 Å². The van der Waals surface area contributed by atoms with E-state index in [1.54, 1.807) is 12.1 Å². The van der Waals surface area contributed by atoms with Gasteiger partial charge in [0.05, 0.1) is 0 Å². The number of phenols is 1. The van der Waals surface area contributed by atoms with Crippen molar-refractivity contribution in [2.24, 2.45) is 11.0 Å². The number of carbonyl (C=O) groups is 1. The summed E-state index contributed by atoms with van der Waals surface area (Å²) in [4.78, 5) is 12.1. The summed E-state index contributed by atoms with van der Waals surface area (Å²) < 4.78 is 16.4. The molecule has 0 heterocycles. The number of ketones is 1. The van der Waals surface area contributed by atoms with Crippen LogP contribution in [0.4, 0.5) is 0 Å². The number of nitrogens with two attached hydrogens (primary N) is 2. The Bertz CT molecular complexity index is 728. The molecular formula is C16H19N2O4P. The third-order valence-electron chi connectivity index (χ3n) is 3.23. The van der Waals surface area contributed by atoms with Crippen LogP contribution in [0, 0.1) is 0 Å². The lowest BCUT2D eigenvalue weighted by Gasteiger charge is -2.14. The average molecular weight is 334 g/mol. The normalized spacial score (nSPS) is 11.2. The molecule has 0 aliphatic carbocycles. The molecule has 2 aromatic carbocycles. The van der Waals surface area contributed by atoms with Crippen LogP contribution in [-0.2, 0) is 11.0 Å². The standard InChI is InChI=1S/C16H19N2O4P/c17-23(18,21)22-16-10-9-14(19)11-13(16)7-4-8-15(20)12-5-2-1-3-6-12/h1-3,5-6,9-11,19H,4,7-8H2,(H4,17,18,21). The fourth-order valence-corrected chi connectivity index (χ4v) is 2.70. The summed E-state index contributed by atoms with van der Waals surface area (Å²) in [5.74, 6) is 0.338. The molecule has 0 saturated heterocycles.